The van der Waals surface area contributed by atoms with Crippen molar-refractivity contribution >= 4 is 39.3 Å². The van der Waals surface area contributed by atoms with Crippen LogP contribution in [0.4, 0.5) is 5.69 Å². The Morgan fingerprint density at radius 2 is 1.91 bits per heavy atom. The summed E-state index contributed by atoms with van der Waals surface area (Å²) in [6, 6.07) is 17.9. The topological polar surface area (TPSA) is 107 Å². The molecule has 2 aromatic rings. The summed E-state index contributed by atoms with van der Waals surface area (Å²) >= 11 is 3.48. The number of carbonyl (C=O) groups is 1. The van der Waals surface area contributed by atoms with Crippen LogP contribution in [-0.2, 0) is 4.79 Å². The first-order valence-electron chi connectivity index (χ1n) is 10.8. The van der Waals surface area contributed by atoms with Gasteiger partial charge in [-0.3, -0.25) is 15.6 Å². The first-order valence-corrected chi connectivity index (χ1v) is 11.6. The number of rotatable bonds is 7. The number of carbonyl (C=O) groups excluding carboxylic acids is 1. The van der Waals surface area contributed by atoms with Gasteiger partial charge in [-0.15, -0.1) is 0 Å². The van der Waals surface area contributed by atoms with Crippen LogP contribution in [0.2, 0.25) is 0 Å². The van der Waals surface area contributed by atoms with Gasteiger partial charge in [0, 0.05) is 24.0 Å². The first-order chi connectivity index (χ1) is 15.6. The minimum atomic E-state index is -0.334. The summed E-state index contributed by atoms with van der Waals surface area (Å²) < 4.78 is 1.02. The fraction of sp³-hybridized carbons (Fsp3) is 0.348. The van der Waals surface area contributed by atoms with Crippen molar-refractivity contribution in [2.24, 2.45) is 21.6 Å². The van der Waals surface area contributed by atoms with Gasteiger partial charge in [0.2, 0.25) is 11.9 Å². The molecule has 0 aromatic heterocycles. The van der Waals surface area contributed by atoms with Crippen molar-refractivity contribution in [3.63, 3.8) is 0 Å². The number of nitrogens with one attached hydrogen (secondary N) is 3. The second-order valence-electron chi connectivity index (χ2n) is 8.01. The third-order valence-corrected chi connectivity index (χ3v) is 6.16. The zero-order chi connectivity index (χ0) is 22.3. The summed E-state index contributed by atoms with van der Waals surface area (Å²) in [4.78, 5) is 23.5. The molecule has 32 heavy (non-hydrogen) atoms. The van der Waals surface area contributed by atoms with E-state index in [1.165, 1.54) is 0 Å². The number of hydrogen-bond acceptors (Lipinski definition) is 7. The van der Waals surface area contributed by atoms with E-state index in [1.807, 2.05) is 54.6 Å². The third kappa shape index (κ3) is 6.08. The van der Waals surface area contributed by atoms with E-state index in [2.05, 4.69) is 37.0 Å². The number of hydrazine groups is 1. The van der Waals surface area contributed by atoms with Gasteiger partial charge in [-0.25, -0.2) is 9.98 Å². The van der Waals surface area contributed by atoms with Crippen molar-refractivity contribution in [2.45, 2.75) is 25.4 Å². The standard InChI is InChI=1S/C23H28BrN7O/c24-18-10-8-16(9-11-18)22-26-20(12-14-31-13-4-5-17(15-31)21(25)32)27-23(28-22)30-29-19-6-2-1-3-7-19/h1-3,6-11,17,22,29H,4-5,12-15H2,(H2,25,32)(H2,26,27,28,30). The summed E-state index contributed by atoms with van der Waals surface area (Å²) in [5.74, 6) is 1.20. The Morgan fingerprint density at radius 1 is 1.12 bits per heavy atom. The molecule has 0 bridgehead atoms. The lowest BCUT2D eigenvalue weighted by atomic mass is 9.97. The molecule has 0 saturated carbocycles. The van der Waals surface area contributed by atoms with Crippen LogP contribution < -0.4 is 21.9 Å². The van der Waals surface area contributed by atoms with Crippen molar-refractivity contribution < 1.29 is 4.79 Å². The minimum Gasteiger partial charge on any atom is -0.369 e. The predicted octanol–water partition coefficient (Wildman–Crippen LogP) is 3.01. The Balaban J connectivity index is 1.44. The molecule has 1 amide bonds. The van der Waals surface area contributed by atoms with Crippen molar-refractivity contribution in [2.75, 3.05) is 25.1 Å². The second-order valence-corrected chi connectivity index (χ2v) is 8.93. The molecule has 4 rings (SSSR count). The van der Waals surface area contributed by atoms with Crippen molar-refractivity contribution in [3.8, 4) is 0 Å². The number of halogens is 1. The van der Waals surface area contributed by atoms with E-state index in [0.29, 0.717) is 12.5 Å². The number of hydrogen-bond donors (Lipinski definition) is 4. The molecule has 1 fully saturated rings. The fourth-order valence-electron chi connectivity index (χ4n) is 3.88. The lowest BCUT2D eigenvalue weighted by Crippen LogP contribution is -2.47. The quantitative estimate of drug-likeness (QED) is 0.439. The van der Waals surface area contributed by atoms with E-state index in [1.54, 1.807) is 0 Å². The van der Waals surface area contributed by atoms with Crippen LogP contribution in [0.3, 0.4) is 0 Å². The number of benzene rings is 2. The zero-order valence-electron chi connectivity index (χ0n) is 17.8. The SMILES string of the molecule is NC(=O)C1CCCN(CCC2=NC(c3ccc(Br)cc3)N=C(NNc3ccccc3)N2)C1. The van der Waals surface area contributed by atoms with Gasteiger partial charge < -0.3 is 16.0 Å². The molecule has 0 radical (unpaired) electrons. The van der Waals surface area contributed by atoms with Gasteiger partial charge in [-0.1, -0.05) is 46.3 Å². The number of amides is 1. The summed E-state index contributed by atoms with van der Waals surface area (Å²) in [6.07, 6.45) is 2.26. The fourth-order valence-corrected chi connectivity index (χ4v) is 4.15. The van der Waals surface area contributed by atoms with E-state index in [-0.39, 0.29) is 18.0 Å². The Hall–Kier alpha value is -2.91. The van der Waals surface area contributed by atoms with Gasteiger partial charge in [0.25, 0.3) is 0 Å². The van der Waals surface area contributed by atoms with Gasteiger partial charge >= 0.3 is 0 Å². The maximum atomic E-state index is 11.6. The molecule has 0 aliphatic carbocycles. The van der Waals surface area contributed by atoms with E-state index in [4.69, 9.17) is 15.7 Å². The number of aliphatic imine (C=N–C) groups is 2. The Labute approximate surface area is 196 Å². The molecule has 2 atom stereocenters. The van der Waals surface area contributed by atoms with Crippen LogP contribution >= 0.6 is 15.9 Å². The highest BCUT2D eigenvalue weighted by Crippen LogP contribution is 2.24. The lowest BCUT2D eigenvalue weighted by Gasteiger charge is -2.31. The molecular formula is C23H28BrN7O. The Morgan fingerprint density at radius 3 is 2.66 bits per heavy atom. The summed E-state index contributed by atoms with van der Waals surface area (Å²) in [6.45, 7) is 2.50. The number of primary amides is 1. The van der Waals surface area contributed by atoms with Crippen molar-refractivity contribution in [3.05, 3.63) is 64.6 Å². The highest BCUT2D eigenvalue weighted by Gasteiger charge is 2.25. The van der Waals surface area contributed by atoms with Crippen LogP contribution in [0.5, 0.6) is 0 Å². The Kier molecular flexibility index (Phi) is 7.39. The average Bonchev–Trinajstić information content (AvgIpc) is 2.82. The largest absolute Gasteiger partial charge is 0.369 e. The van der Waals surface area contributed by atoms with Crippen LogP contribution in [0, 0.1) is 5.92 Å². The molecule has 2 heterocycles. The zero-order valence-corrected chi connectivity index (χ0v) is 19.4. The second kappa shape index (κ2) is 10.6. The molecule has 2 aliphatic rings. The summed E-state index contributed by atoms with van der Waals surface area (Å²) in [7, 11) is 0. The Bertz CT molecular complexity index is 978. The smallest absolute Gasteiger partial charge is 0.221 e. The van der Waals surface area contributed by atoms with Crippen LogP contribution in [0.25, 0.3) is 0 Å². The molecule has 0 spiro atoms. The molecule has 5 N–H and O–H groups in total. The summed E-state index contributed by atoms with van der Waals surface area (Å²) in [5.41, 5.74) is 13.8. The van der Waals surface area contributed by atoms with Crippen molar-refractivity contribution in [1.82, 2.24) is 15.6 Å². The van der Waals surface area contributed by atoms with Gasteiger partial charge in [-0.2, -0.15) is 0 Å². The number of anilines is 1. The third-order valence-electron chi connectivity index (χ3n) is 5.63. The van der Waals surface area contributed by atoms with Crippen molar-refractivity contribution in [1.29, 1.82) is 0 Å². The molecule has 2 aromatic carbocycles. The maximum Gasteiger partial charge on any atom is 0.221 e. The number of nitrogens with zero attached hydrogens (tertiary/aromatic N) is 3. The molecule has 168 valence electrons. The highest BCUT2D eigenvalue weighted by atomic mass is 79.9. The number of piperidine rings is 1. The van der Waals surface area contributed by atoms with E-state index >= 15 is 0 Å². The molecule has 1 saturated heterocycles. The minimum absolute atomic E-state index is 0.0608. The van der Waals surface area contributed by atoms with E-state index in [0.717, 1.165) is 53.9 Å². The molecule has 9 heteroatoms. The van der Waals surface area contributed by atoms with E-state index in [9.17, 15) is 4.79 Å². The highest BCUT2D eigenvalue weighted by molar-refractivity contribution is 9.10. The number of para-hydroxylation sites is 1. The molecular weight excluding hydrogens is 470 g/mol. The monoisotopic (exact) mass is 497 g/mol. The van der Waals surface area contributed by atoms with Crippen LogP contribution in [0.1, 0.15) is 31.0 Å². The average molecular weight is 498 g/mol. The first kappa shape index (κ1) is 22.3. The number of amidine groups is 1. The van der Waals surface area contributed by atoms with Crippen LogP contribution in [-0.4, -0.2) is 42.2 Å². The number of nitrogens with two attached hydrogens (primary N) is 1. The molecule has 2 aliphatic heterocycles. The van der Waals surface area contributed by atoms with E-state index < -0.39 is 0 Å². The normalized spacial score (nSPS) is 21.2. The van der Waals surface area contributed by atoms with Gasteiger partial charge in [0.15, 0.2) is 6.17 Å². The lowest BCUT2D eigenvalue weighted by molar-refractivity contribution is -0.123. The number of likely N-dealkylation sites (tertiary alicyclic amines) is 1. The summed E-state index contributed by atoms with van der Waals surface area (Å²) in [5, 5.41) is 3.31. The van der Waals surface area contributed by atoms with Gasteiger partial charge in [0.1, 0.15) is 5.84 Å². The van der Waals surface area contributed by atoms with Crippen LogP contribution in [0.15, 0.2) is 69.1 Å². The molecule has 8 nitrogen and oxygen atoms in total. The maximum absolute atomic E-state index is 11.6. The predicted molar refractivity (Wildman–Crippen MR) is 131 cm³/mol. The number of guanidine groups is 1. The van der Waals surface area contributed by atoms with Gasteiger partial charge in [0.05, 0.1) is 11.6 Å². The van der Waals surface area contributed by atoms with Gasteiger partial charge in [-0.05, 0) is 49.2 Å². The molecule has 2 unspecified atom stereocenters.